The van der Waals surface area contributed by atoms with Crippen molar-refractivity contribution in [1.82, 2.24) is 0 Å². The number of halogens is 9. The molecule has 0 heterocycles. The summed E-state index contributed by atoms with van der Waals surface area (Å²) in [4.78, 5) is 11.0. The molecular formula is C23H51Cl3F6O5. The Hall–Kier alpha value is -0.200. The van der Waals surface area contributed by atoms with Gasteiger partial charge in [0.15, 0.2) is 13.5 Å². The van der Waals surface area contributed by atoms with Crippen molar-refractivity contribution in [2.45, 2.75) is 87.7 Å². The van der Waals surface area contributed by atoms with Gasteiger partial charge in [-0.2, -0.15) is 17.6 Å². The lowest BCUT2D eigenvalue weighted by atomic mass is 10.3. The fourth-order valence-corrected chi connectivity index (χ4v) is 1.92. The SMILES string of the molecule is C.C.C.C.C.FCOC(F)(F)CF.O=C(OCCCCCl)C(F)(F)COCCCCCl.OCCCCCl. The molecule has 0 amide bonds. The summed E-state index contributed by atoms with van der Waals surface area (Å²) in [6.45, 7) is -4.24. The fourth-order valence-electron chi connectivity index (χ4n) is 1.35. The maximum atomic E-state index is 13.2. The highest BCUT2D eigenvalue weighted by Crippen LogP contribution is 2.17. The van der Waals surface area contributed by atoms with Crippen LogP contribution in [0.2, 0.25) is 0 Å². The molecule has 0 unspecified atom stereocenters. The van der Waals surface area contributed by atoms with Gasteiger partial charge < -0.3 is 14.6 Å². The van der Waals surface area contributed by atoms with Gasteiger partial charge in [0.2, 0.25) is 0 Å². The molecule has 0 saturated carbocycles. The summed E-state index contributed by atoms with van der Waals surface area (Å²) in [5.74, 6) is -3.60. The van der Waals surface area contributed by atoms with E-state index in [0.717, 1.165) is 12.8 Å². The highest BCUT2D eigenvalue weighted by molar-refractivity contribution is 6.18. The molecule has 0 aliphatic rings. The third-order valence-electron chi connectivity index (χ3n) is 2.98. The summed E-state index contributed by atoms with van der Waals surface area (Å²) in [6, 6.07) is 0. The minimum atomic E-state index is -3.95. The number of carbonyl (C=O) groups excluding carboxylic acids is 1. The smallest absolute Gasteiger partial charge is 0.386 e. The van der Waals surface area contributed by atoms with Gasteiger partial charge >= 0.3 is 18.0 Å². The van der Waals surface area contributed by atoms with Crippen molar-refractivity contribution >= 4 is 40.8 Å². The third kappa shape index (κ3) is 46.1. The second-order valence-corrected chi connectivity index (χ2v) is 6.96. The summed E-state index contributed by atoms with van der Waals surface area (Å²) < 4.78 is 82.9. The largest absolute Gasteiger partial charge is 0.461 e. The van der Waals surface area contributed by atoms with Crippen LogP contribution in [0.3, 0.4) is 0 Å². The molecule has 0 aromatic heterocycles. The number of carbonyl (C=O) groups is 1. The molecule has 0 radical (unpaired) electrons. The minimum absolute atomic E-state index is 0. The number of alkyl halides is 9. The van der Waals surface area contributed by atoms with Crippen LogP contribution in [-0.2, 0) is 19.0 Å². The van der Waals surface area contributed by atoms with E-state index < -0.39 is 38.1 Å². The van der Waals surface area contributed by atoms with Gasteiger partial charge in [-0.3, -0.25) is 4.74 Å². The topological polar surface area (TPSA) is 65.0 Å². The van der Waals surface area contributed by atoms with Crippen molar-refractivity contribution < 1.29 is 50.5 Å². The predicted molar refractivity (Wildman–Crippen MR) is 145 cm³/mol. The zero-order chi connectivity index (χ0) is 25.3. The molecule has 0 rings (SSSR count). The van der Waals surface area contributed by atoms with Crippen molar-refractivity contribution in [2.24, 2.45) is 0 Å². The fraction of sp³-hybridized carbons (Fsp3) is 0.957. The molecule has 0 saturated heterocycles. The van der Waals surface area contributed by atoms with Crippen LogP contribution in [0.25, 0.3) is 0 Å². The van der Waals surface area contributed by atoms with Crippen molar-refractivity contribution in [1.29, 1.82) is 0 Å². The molecule has 1 N–H and O–H groups in total. The Balaban J connectivity index is -0.0000000627. The van der Waals surface area contributed by atoms with Crippen LogP contribution in [0.15, 0.2) is 0 Å². The van der Waals surface area contributed by atoms with Crippen LogP contribution in [0.5, 0.6) is 0 Å². The number of unbranched alkanes of at least 4 members (excludes halogenated alkanes) is 3. The van der Waals surface area contributed by atoms with Gasteiger partial charge in [-0.25, -0.2) is 13.6 Å². The standard InChI is InChI=1S/C11H18Cl2F2O3.C4H9ClO.C3H4F4O.5CH4/c12-5-1-3-7-17-9-11(14,15)10(16)18-8-4-2-6-13;5-3-1-2-4-6;4-1-3(6,7)8-2-5;;;;;/h1-9H2;6H,1-4H2;1-2H2;5*1H4. The number of hydrogen-bond donors (Lipinski definition) is 1. The van der Waals surface area contributed by atoms with Gasteiger partial charge in [0, 0.05) is 30.9 Å². The minimum Gasteiger partial charge on any atom is -0.461 e. The maximum absolute atomic E-state index is 13.2. The number of aliphatic hydroxyl groups is 1. The first kappa shape index (κ1) is 56.9. The molecule has 5 nitrogen and oxygen atoms in total. The lowest BCUT2D eigenvalue weighted by Gasteiger charge is -2.15. The molecule has 37 heavy (non-hydrogen) atoms. The molecular weight excluding hydrogens is 577 g/mol. The number of esters is 1. The quantitative estimate of drug-likeness (QED) is 0.0755. The van der Waals surface area contributed by atoms with Crippen LogP contribution in [0.1, 0.15) is 75.7 Å². The Kier molecular flexibility index (Phi) is 61.9. The summed E-state index contributed by atoms with van der Waals surface area (Å²) in [6.07, 6.45) is 0.188. The van der Waals surface area contributed by atoms with Gasteiger partial charge in [0.1, 0.15) is 6.61 Å². The molecule has 236 valence electrons. The molecule has 0 aliphatic heterocycles. The van der Waals surface area contributed by atoms with E-state index in [1.807, 2.05) is 0 Å². The third-order valence-corrected chi connectivity index (χ3v) is 3.78. The second-order valence-electron chi connectivity index (χ2n) is 5.83. The Morgan fingerprint density at radius 3 is 1.49 bits per heavy atom. The molecule has 0 fully saturated rings. The predicted octanol–water partition coefficient (Wildman–Crippen LogP) is 8.89. The van der Waals surface area contributed by atoms with Crippen LogP contribution < -0.4 is 0 Å². The molecule has 0 bridgehead atoms. The number of ether oxygens (including phenoxy) is 3. The van der Waals surface area contributed by atoms with Crippen LogP contribution in [0.4, 0.5) is 26.3 Å². The van der Waals surface area contributed by atoms with E-state index in [1.54, 1.807) is 0 Å². The first-order chi connectivity index (χ1) is 15.1. The molecule has 0 aromatic rings. The van der Waals surface area contributed by atoms with Gasteiger partial charge in [0.25, 0.3) is 0 Å². The van der Waals surface area contributed by atoms with Crippen LogP contribution in [0, 0.1) is 0 Å². The zero-order valence-electron chi connectivity index (χ0n) is 17.6. The number of rotatable bonds is 17. The van der Waals surface area contributed by atoms with E-state index in [0.29, 0.717) is 43.3 Å². The van der Waals surface area contributed by atoms with E-state index in [9.17, 15) is 31.1 Å². The van der Waals surface area contributed by atoms with Crippen molar-refractivity contribution in [3.8, 4) is 0 Å². The highest BCUT2D eigenvalue weighted by Gasteiger charge is 2.41. The second kappa shape index (κ2) is 40.3. The van der Waals surface area contributed by atoms with Gasteiger partial charge in [-0.15, -0.1) is 34.8 Å². The van der Waals surface area contributed by atoms with E-state index in [4.69, 9.17) is 44.6 Å². The van der Waals surface area contributed by atoms with E-state index in [-0.39, 0.29) is 57.0 Å². The maximum Gasteiger partial charge on any atom is 0.386 e. The average Bonchev–Trinajstić information content (AvgIpc) is 2.75. The van der Waals surface area contributed by atoms with Crippen LogP contribution in [-0.4, -0.2) is 80.7 Å². The monoisotopic (exact) mass is 626 g/mol. The van der Waals surface area contributed by atoms with E-state index in [1.165, 1.54) is 0 Å². The van der Waals surface area contributed by atoms with Crippen molar-refractivity contribution in [3.05, 3.63) is 0 Å². The zero-order valence-corrected chi connectivity index (χ0v) is 19.9. The Bertz CT molecular complexity index is 413. The Morgan fingerprint density at radius 1 is 0.730 bits per heavy atom. The summed E-state index contributed by atoms with van der Waals surface area (Å²) in [7, 11) is 0. The highest BCUT2D eigenvalue weighted by atomic mass is 35.5. The number of aliphatic hydroxyl groups excluding tert-OH is 1. The van der Waals surface area contributed by atoms with Crippen molar-refractivity contribution in [2.75, 3.05) is 57.6 Å². The number of hydrogen-bond acceptors (Lipinski definition) is 5. The Morgan fingerprint density at radius 2 is 1.16 bits per heavy atom. The first-order valence-electron chi connectivity index (χ1n) is 9.63. The summed E-state index contributed by atoms with van der Waals surface area (Å²) in [5, 5.41) is 8.14. The Labute approximate surface area is 236 Å². The van der Waals surface area contributed by atoms with E-state index in [2.05, 4.69) is 9.47 Å². The van der Waals surface area contributed by atoms with E-state index >= 15 is 0 Å². The molecule has 0 atom stereocenters. The lowest BCUT2D eigenvalue weighted by Crippen LogP contribution is -2.36. The van der Waals surface area contributed by atoms with Gasteiger partial charge in [-0.05, 0) is 38.5 Å². The molecule has 14 heteroatoms. The lowest BCUT2D eigenvalue weighted by molar-refractivity contribution is -0.261. The average molecular weight is 628 g/mol. The summed E-state index contributed by atoms with van der Waals surface area (Å²) in [5.41, 5.74) is 0. The van der Waals surface area contributed by atoms with Gasteiger partial charge in [-0.1, -0.05) is 37.1 Å². The van der Waals surface area contributed by atoms with Crippen LogP contribution >= 0.6 is 34.8 Å². The molecule has 0 spiro atoms. The molecule has 0 aromatic carbocycles. The van der Waals surface area contributed by atoms with Gasteiger partial charge in [0.05, 0.1) is 6.61 Å². The summed E-state index contributed by atoms with van der Waals surface area (Å²) >= 11 is 16.1. The first-order valence-corrected chi connectivity index (χ1v) is 11.2. The normalized spacial score (nSPS) is 9.68. The molecule has 0 aliphatic carbocycles. The van der Waals surface area contributed by atoms with Crippen molar-refractivity contribution in [3.63, 3.8) is 0 Å².